The van der Waals surface area contributed by atoms with E-state index in [4.69, 9.17) is 10.2 Å². The van der Waals surface area contributed by atoms with Crippen LogP contribution in [-0.4, -0.2) is 38.2 Å². The molecule has 0 spiro atoms. The van der Waals surface area contributed by atoms with Crippen molar-refractivity contribution >= 4 is 28.1 Å². The van der Waals surface area contributed by atoms with E-state index in [-0.39, 0.29) is 21.7 Å². The van der Waals surface area contributed by atoms with Crippen molar-refractivity contribution in [1.29, 1.82) is 0 Å². The molecule has 0 aliphatic rings. The summed E-state index contributed by atoms with van der Waals surface area (Å²) in [6.07, 6.45) is 4.16. The highest BCUT2D eigenvalue weighted by molar-refractivity contribution is 9.10. The molecule has 0 radical (unpaired) electrons. The molecule has 5 nitrogen and oxygen atoms in total. The Labute approximate surface area is 161 Å². The molecule has 0 aromatic rings. The predicted octanol–water partition coefficient (Wildman–Crippen LogP) is 6.60. The standard InChI is InChI=1S/C19H36BrNO4/c1-17(2,3)19(20,18(4,5)6)13-11-9-7-8-10-12-14-21(15(22)23)16(24)25/h7-14H2,1-6H3,(H,22,23)(H,24,25). The van der Waals surface area contributed by atoms with Gasteiger partial charge in [0.1, 0.15) is 0 Å². The van der Waals surface area contributed by atoms with Gasteiger partial charge in [0, 0.05) is 10.9 Å². The number of carbonyl (C=O) groups is 2. The molecule has 0 atom stereocenters. The van der Waals surface area contributed by atoms with Crippen LogP contribution in [0.5, 0.6) is 0 Å². The summed E-state index contributed by atoms with van der Waals surface area (Å²) in [5.41, 5.74) is 0.338. The SMILES string of the molecule is CC(C)(C)C(Br)(CCCCCCCCN(C(=O)O)C(=O)O)C(C)(C)C. The van der Waals surface area contributed by atoms with Crippen molar-refractivity contribution in [2.75, 3.05) is 6.54 Å². The van der Waals surface area contributed by atoms with E-state index < -0.39 is 12.2 Å². The summed E-state index contributed by atoms with van der Waals surface area (Å²) in [5.74, 6) is 0. The van der Waals surface area contributed by atoms with Crippen LogP contribution in [-0.2, 0) is 0 Å². The fourth-order valence-electron chi connectivity index (χ4n) is 3.49. The molecule has 0 heterocycles. The number of rotatable bonds is 9. The van der Waals surface area contributed by atoms with Crippen LogP contribution in [0.4, 0.5) is 9.59 Å². The van der Waals surface area contributed by atoms with Gasteiger partial charge in [-0.3, -0.25) is 0 Å². The molecule has 2 N–H and O–H groups in total. The van der Waals surface area contributed by atoms with Crippen molar-refractivity contribution < 1.29 is 19.8 Å². The van der Waals surface area contributed by atoms with Crippen molar-refractivity contribution in [3.63, 3.8) is 0 Å². The molecule has 0 saturated carbocycles. The van der Waals surface area contributed by atoms with E-state index >= 15 is 0 Å². The maximum atomic E-state index is 10.7. The summed E-state index contributed by atoms with van der Waals surface area (Å²) in [4.78, 5) is 21.9. The molecule has 6 heteroatoms. The zero-order valence-electron chi connectivity index (χ0n) is 16.7. The Morgan fingerprint density at radius 3 is 1.48 bits per heavy atom. The zero-order valence-corrected chi connectivity index (χ0v) is 18.3. The van der Waals surface area contributed by atoms with Gasteiger partial charge in [-0.25, -0.2) is 14.5 Å². The molecule has 2 amide bonds. The normalized spacial score (nSPS) is 12.9. The predicted molar refractivity (Wildman–Crippen MR) is 106 cm³/mol. The molecule has 0 aliphatic carbocycles. The van der Waals surface area contributed by atoms with Gasteiger partial charge in [-0.2, -0.15) is 0 Å². The summed E-state index contributed by atoms with van der Waals surface area (Å²) in [7, 11) is 0. The number of carboxylic acid groups (broad SMARTS) is 2. The first-order valence-corrected chi connectivity index (χ1v) is 9.95. The van der Waals surface area contributed by atoms with E-state index in [1.807, 2.05) is 0 Å². The largest absolute Gasteiger partial charge is 0.465 e. The van der Waals surface area contributed by atoms with Gasteiger partial charge < -0.3 is 10.2 Å². The first kappa shape index (κ1) is 24.2. The Morgan fingerprint density at radius 2 is 1.12 bits per heavy atom. The van der Waals surface area contributed by atoms with Crippen LogP contribution in [0, 0.1) is 10.8 Å². The van der Waals surface area contributed by atoms with Crippen molar-refractivity contribution in [2.45, 2.75) is 90.8 Å². The number of hydrogen-bond donors (Lipinski definition) is 2. The lowest BCUT2D eigenvalue weighted by atomic mass is 9.64. The quantitative estimate of drug-likeness (QED) is 0.324. The van der Waals surface area contributed by atoms with Crippen LogP contribution in [0.3, 0.4) is 0 Å². The van der Waals surface area contributed by atoms with Gasteiger partial charge in [0.05, 0.1) is 0 Å². The number of amides is 2. The van der Waals surface area contributed by atoms with Crippen molar-refractivity contribution in [1.82, 2.24) is 4.90 Å². The second-order valence-corrected chi connectivity index (χ2v) is 10.2. The molecule has 0 aromatic carbocycles. The zero-order chi connectivity index (χ0) is 19.9. The van der Waals surface area contributed by atoms with E-state index in [1.54, 1.807) is 0 Å². The van der Waals surface area contributed by atoms with Gasteiger partial charge in [-0.05, 0) is 23.7 Å². The van der Waals surface area contributed by atoms with Gasteiger partial charge in [-0.15, -0.1) is 0 Å². The molecule has 0 bridgehead atoms. The molecule has 25 heavy (non-hydrogen) atoms. The second-order valence-electron chi connectivity index (χ2n) is 8.89. The molecule has 148 valence electrons. The Bertz CT molecular complexity index is 410. The highest BCUT2D eigenvalue weighted by Crippen LogP contribution is 2.53. The Hall–Kier alpha value is -0.780. The Morgan fingerprint density at radius 1 is 0.760 bits per heavy atom. The second kappa shape index (κ2) is 9.79. The van der Waals surface area contributed by atoms with Gasteiger partial charge in [-0.1, -0.05) is 89.6 Å². The van der Waals surface area contributed by atoms with Gasteiger partial charge in [0.25, 0.3) is 0 Å². The van der Waals surface area contributed by atoms with Crippen molar-refractivity contribution in [3.05, 3.63) is 0 Å². The van der Waals surface area contributed by atoms with Crippen molar-refractivity contribution in [3.8, 4) is 0 Å². The molecule has 0 aliphatic heterocycles. The van der Waals surface area contributed by atoms with Crippen LogP contribution >= 0.6 is 15.9 Å². The number of halogens is 1. The third-order valence-electron chi connectivity index (χ3n) is 4.99. The van der Waals surface area contributed by atoms with Gasteiger partial charge in [0.15, 0.2) is 0 Å². The fourth-order valence-corrected chi connectivity index (χ4v) is 3.77. The minimum atomic E-state index is -1.40. The van der Waals surface area contributed by atoms with Gasteiger partial charge in [0.2, 0.25) is 0 Å². The minimum absolute atomic E-state index is 0.0588. The third-order valence-corrected chi connectivity index (χ3v) is 7.77. The average molecular weight is 422 g/mol. The minimum Gasteiger partial charge on any atom is -0.465 e. The lowest BCUT2D eigenvalue weighted by molar-refractivity contribution is 0.122. The van der Waals surface area contributed by atoms with Crippen LogP contribution in [0.15, 0.2) is 0 Å². The third kappa shape index (κ3) is 7.55. The summed E-state index contributed by atoms with van der Waals surface area (Å²) >= 11 is 4.05. The van der Waals surface area contributed by atoms with Crippen molar-refractivity contribution in [2.24, 2.45) is 10.8 Å². The number of imide groups is 1. The molecular weight excluding hydrogens is 386 g/mol. The maximum Gasteiger partial charge on any atom is 0.416 e. The van der Waals surface area contributed by atoms with E-state index in [0.717, 1.165) is 38.5 Å². The number of alkyl halides is 1. The number of hydrogen-bond acceptors (Lipinski definition) is 2. The Kier molecular flexibility index (Phi) is 9.48. The fraction of sp³-hybridized carbons (Fsp3) is 0.895. The molecule has 0 fully saturated rings. The van der Waals surface area contributed by atoms with Crippen LogP contribution in [0.2, 0.25) is 0 Å². The number of nitrogens with zero attached hydrogens (tertiary/aromatic N) is 1. The highest BCUT2D eigenvalue weighted by Gasteiger charge is 2.47. The smallest absolute Gasteiger partial charge is 0.416 e. The lowest BCUT2D eigenvalue weighted by Crippen LogP contribution is -2.47. The first-order valence-electron chi connectivity index (χ1n) is 9.16. The van der Waals surface area contributed by atoms with Gasteiger partial charge >= 0.3 is 12.2 Å². The first-order chi connectivity index (χ1) is 11.2. The summed E-state index contributed by atoms with van der Waals surface area (Å²) < 4.78 is 0.0798. The average Bonchev–Trinajstić information content (AvgIpc) is 2.41. The van der Waals surface area contributed by atoms with Crippen LogP contribution < -0.4 is 0 Å². The maximum absolute atomic E-state index is 10.7. The Balaban J connectivity index is 4.11. The van der Waals surface area contributed by atoms with E-state index in [9.17, 15) is 9.59 Å². The molecule has 0 aromatic heterocycles. The summed E-state index contributed by atoms with van der Waals surface area (Å²) in [6.45, 7) is 13.7. The van der Waals surface area contributed by atoms with E-state index in [0.29, 0.717) is 11.3 Å². The van der Waals surface area contributed by atoms with E-state index in [1.165, 1.54) is 0 Å². The molecule has 0 rings (SSSR count). The topological polar surface area (TPSA) is 77.8 Å². The molecule has 0 saturated heterocycles. The number of unbranched alkanes of at least 4 members (excludes halogenated alkanes) is 5. The molecular formula is C19H36BrNO4. The lowest BCUT2D eigenvalue weighted by Gasteiger charge is -2.50. The molecule has 0 unspecified atom stereocenters. The van der Waals surface area contributed by atoms with Crippen LogP contribution in [0.25, 0.3) is 0 Å². The highest BCUT2D eigenvalue weighted by atomic mass is 79.9. The summed E-state index contributed by atoms with van der Waals surface area (Å²) in [6, 6.07) is 0. The summed E-state index contributed by atoms with van der Waals surface area (Å²) in [5, 5.41) is 17.5. The monoisotopic (exact) mass is 421 g/mol. The van der Waals surface area contributed by atoms with Crippen LogP contribution in [0.1, 0.15) is 86.5 Å². The van der Waals surface area contributed by atoms with E-state index in [2.05, 4.69) is 57.5 Å².